The number of nitroso groups, excluding NO2 is 1. The van der Waals surface area contributed by atoms with Crippen molar-refractivity contribution in [2.45, 2.75) is 25.9 Å². The van der Waals surface area contributed by atoms with Gasteiger partial charge in [-0.2, -0.15) is 0 Å². The fraction of sp³-hybridized carbons (Fsp3) is 0.800. The highest BCUT2D eigenvalue weighted by Gasteiger charge is 2.29. The maximum atomic E-state index is 9.83. The van der Waals surface area contributed by atoms with E-state index in [1.807, 2.05) is 13.8 Å². The van der Waals surface area contributed by atoms with Crippen LogP contribution in [-0.4, -0.2) is 11.4 Å². The maximum absolute atomic E-state index is 9.83. The molecule has 0 amide bonds. The zero-order valence-corrected chi connectivity index (χ0v) is 5.42. The minimum absolute atomic E-state index is 0.250. The van der Waals surface area contributed by atoms with Crippen LogP contribution in [0.3, 0.4) is 0 Å². The molecule has 0 spiro atoms. The number of amidine groups is 1. The van der Waals surface area contributed by atoms with Crippen LogP contribution in [0.1, 0.15) is 20.3 Å². The summed E-state index contributed by atoms with van der Waals surface area (Å²) in [6.07, 6.45) is 0.510. The van der Waals surface area contributed by atoms with E-state index in [1.54, 1.807) is 0 Å². The first-order chi connectivity index (χ1) is 4.14. The van der Waals surface area contributed by atoms with Gasteiger partial charge in [-0.25, -0.2) is 0 Å². The summed E-state index contributed by atoms with van der Waals surface area (Å²) in [6.45, 7) is 3.71. The molecule has 0 saturated heterocycles. The van der Waals surface area contributed by atoms with Gasteiger partial charge >= 0.3 is 0 Å². The van der Waals surface area contributed by atoms with E-state index in [-0.39, 0.29) is 11.4 Å². The lowest BCUT2D eigenvalue weighted by atomic mass is 10.1. The number of hydrogen-bond acceptors (Lipinski definition) is 4. The highest BCUT2D eigenvalue weighted by atomic mass is 16.7. The average molecular weight is 128 g/mol. The first-order valence-electron chi connectivity index (χ1n) is 2.72. The SMILES string of the molecule is CC1(C)CC(N=O)=NO1. The summed E-state index contributed by atoms with van der Waals surface area (Å²) >= 11 is 0. The Hall–Kier alpha value is -0.930. The van der Waals surface area contributed by atoms with Crippen molar-refractivity contribution in [3.63, 3.8) is 0 Å². The van der Waals surface area contributed by atoms with Gasteiger partial charge in [-0.3, -0.25) is 0 Å². The van der Waals surface area contributed by atoms with Gasteiger partial charge in [0.2, 0.25) is 5.84 Å². The Kier molecular flexibility index (Phi) is 1.23. The highest BCUT2D eigenvalue weighted by Crippen LogP contribution is 2.22. The van der Waals surface area contributed by atoms with Crippen LogP contribution in [0.15, 0.2) is 10.3 Å². The number of oxime groups is 1. The van der Waals surface area contributed by atoms with E-state index < -0.39 is 0 Å². The largest absolute Gasteiger partial charge is 0.388 e. The fourth-order valence-electron chi connectivity index (χ4n) is 0.671. The van der Waals surface area contributed by atoms with Crippen LogP contribution in [0.4, 0.5) is 0 Å². The van der Waals surface area contributed by atoms with Crippen molar-refractivity contribution in [2.75, 3.05) is 0 Å². The van der Waals surface area contributed by atoms with Crippen molar-refractivity contribution in [1.29, 1.82) is 0 Å². The van der Waals surface area contributed by atoms with Crippen molar-refractivity contribution in [3.8, 4) is 0 Å². The second kappa shape index (κ2) is 1.79. The Morgan fingerprint density at radius 2 is 2.44 bits per heavy atom. The van der Waals surface area contributed by atoms with Crippen molar-refractivity contribution in [2.24, 2.45) is 10.3 Å². The van der Waals surface area contributed by atoms with Gasteiger partial charge in [-0.05, 0) is 19.0 Å². The van der Waals surface area contributed by atoms with E-state index in [0.29, 0.717) is 6.42 Å². The first kappa shape index (κ1) is 6.19. The molecule has 0 atom stereocenters. The molecule has 0 aliphatic carbocycles. The molecule has 1 aliphatic heterocycles. The van der Waals surface area contributed by atoms with E-state index in [4.69, 9.17) is 4.84 Å². The van der Waals surface area contributed by atoms with Crippen LogP contribution in [0.25, 0.3) is 0 Å². The van der Waals surface area contributed by atoms with Gasteiger partial charge in [0, 0.05) is 0 Å². The van der Waals surface area contributed by atoms with Crippen LogP contribution in [-0.2, 0) is 4.84 Å². The minimum Gasteiger partial charge on any atom is -0.388 e. The molecule has 0 bridgehead atoms. The molecule has 9 heavy (non-hydrogen) atoms. The summed E-state index contributed by atoms with van der Waals surface area (Å²) in [4.78, 5) is 14.7. The third-order valence-corrected chi connectivity index (χ3v) is 1.09. The van der Waals surface area contributed by atoms with Crippen molar-refractivity contribution in [1.82, 2.24) is 0 Å². The van der Waals surface area contributed by atoms with E-state index in [9.17, 15) is 4.91 Å². The molecule has 0 aromatic rings. The lowest BCUT2D eigenvalue weighted by Crippen LogP contribution is -2.18. The molecule has 0 unspecified atom stereocenters. The van der Waals surface area contributed by atoms with Gasteiger partial charge in [-0.15, -0.1) is 4.91 Å². The predicted octanol–water partition coefficient (Wildman–Crippen LogP) is 1.27. The highest BCUT2D eigenvalue weighted by molar-refractivity contribution is 5.84. The number of hydrogen-bond donors (Lipinski definition) is 0. The Balaban J connectivity index is 2.59. The Morgan fingerprint density at radius 3 is 2.67 bits per heavy atom. The number of rotatable bonds is 0. The molecular formula is C5H8N2O2. The van der Waals surface area contributed by atoms with E-state index in [1.165, 1.54) is 0 Å². The zero-order valence-electron chi connectivity index (χ0n) is 5.42. The molecule has 0 saturated carbocycles. The second-order valence-electron chi connectivity index (χ2n) is 2.63. The van der Waals surface area contributed by atoms with Crippen LogP contribution >= 0.6 is 0 Å². The van der Waals surface area contributed by atoms with Crippen molar-refractivity contribution in [3.05, 3.63) is 4.91 Å². The van der Waals surface area contributed by atoms with Gasteiger partial charge in [0.25, 0.3) is 0 Å². The predicted molar refractivity (Wildman–Crippen MR) is 33.0 cm³/mol. The lowest BCUT2D eigenvalue weighted by Gasteiger charge is -2.11. The topological polar surface area (TPSA) is 51.0 Å². The van der Waals surface area contributed by atoms with Gasteiger partial charge < -0.3 is 4.84 Å². The quantitative estimate of drug-likeness (QED) is 0.461. The average Bonchev–Trinajstić information content (AvgIpc) is 2.10. The van der Waals surface area contributed by atoms with Crippen LogP contribution in [0.2, 0.25) is 0 Å². The van der Waals surface area contributed by atoms with E-state index in [0.717, 1.165) is 0 Å². The lowest BCUT2D eigenvalue weighted by molar-refractivity contribution is 0.0123. The van der Waals surface area contributed by atoms with Crippen LogP contribution < -0.4 is 0 Å². The second-order valence-corrected chi connectivity index (χ2v) is 2.63. The molecular weight excluding hydrogens is 120 g/mol. The summed E-state index contributed by atoms with van der Waals surface area (Å²) in [7, 11) is 0. The normalized spacial score (nSPS) is 22.7. The molecule has 0 N–H and O–H groups in total. The van der Waals surface area contributed by atoms with E-state index >= 15 is 0 Å². The van der Waals surface area contributed by atoms with Crippen LogP contribution in [0.5, 0.6) is 0 Å². The minimum atomic E-state index is -0.330. The zero-order chi connectivity index (χ0) is 6.91. The van der Waals surface area contributed by atoms with Gasteiger partial charge in [-0.1, -0.05) is 5.16 Å². The fourth-order valence-corrected chi connectivity index (χ4v) is 0.671. The smallest absolute Gasteiger partial charge is 0.215 e. The Morgan fingerprint density at radius 1 is 1.78 bits per heavy atom. The first-order valence-corrected chi connectivity index (χ1v) is 2.72. The Bertz CT molecular complexity index is 162. The third kappa shape index (κ3) is 1.25. The summed E-state index contributed by atoms with van der Waals surface area (Å²) in [5.74, 6) is 0.250. The summed E-state index contributed by atoms with van der Waals surface area (Å²) < 4.78 is 0. The van der Waals surface area contributed by atoms with Gasteiger partial charge in [0.05, 0.1) is 6.42 Å². The molecule has 1 heterocycles. The Labute approximate surface area is 52.9 Å². The number of nitrogens with zero attached hydrogens (tertiary/aromatic N) is 2. The monoisotopic (exact) mass is 128 g/mol. The molecule has 4 nitrogen and oxygen atoms in total. The summed E-state index contributed by atoms with van der Waals surface area (Å²) in [5.41, 5.74) is -0.330. The molecule has 0 fully saturated rings. The van der Waals surface area contributed by atoms with E-state index in [2.05, 4.69) is 10.3 Å². The molecule has 0 aromatic heterocycles. The standard InChI is InChI=1S/C5H8N2O2/c1-5(2)3-4(6-8)7-9-5/h3H2,1-2H3. The summed E-state index contributed by atoms with van der Waals surface area (Å²) in [5, 5.41) is 6.10. The van der Waals surface area contributed by atoms with Crippen LogP contribution in [0, 0.1) is 4.91 Å². The molecule has 50 valence electrons. The van der Waals surface area contributed by atoms with Gasteiger partial charge in [0.15, 0.2) is 0 Å². The molecule has 0 aromatic carbocycles. The van der Waals surface area contributed by atoms with Crippen molar-refractivity contribution >= 4 is 5.84 Å². The van der Waals surface area contributed by atoms with Gasteiger partial charge in [0.1, 0.15) is 5.60 Å². The molecule has 1 rings (SSSR count). The maximum Gasteiger partial charge on any atom is 0.215 e. The molecule has 1 aliphatic rings. The molecule has 4 heteroatoms. The molecule has 0 radical (unpaired) electrons. The summed E-state index contributed by atoms with van der Waals surface area (Å²) in [6, 6.07) is 0. The third-order valence-electron chi connectivity index (χ3n) is 1.09. The van der Waals surface area contributed by atoms with Crippen molar-refractivity contribution < 1.29 is 4.84 Å².